The van der Waals surface area contributed by atoms with Crippen molar-refractivity contribution >= 4 is 23.2 Å². The number of nitrogens with zero attached hydrogens (tertiary/aromatic N) is 4. The standard InChI is InChI=1S/C15H11ClFN5O/c16-11-6-4-10(5-7-11)15-19-20-21-22(15)9-14(23)18-13-3-1-2-12(17)8-13/h1-8H,9H2,(H,18,23). The van der Waals surface area contributed by atoms with Crippen molar-refractivity contribution in [3.05, 3.63) is 59.4 Å². The van der Waals surface area contributed by atoms with Gasteiger partial charge < -0.3 is 5.32 Å². The third-order valence-electron chi connectivity index (χ3n) is 3.04. The smallest absolute Gasteiger partial charge is 0.246 e. The fourth-order valence-electron chi connectivity index (χ4n) is 2.02. The minimum atomic E-state index is -0.424. The number of aromatic nitrogens is 4. The molecule has 1 amide bonds. The highest BCUT2D eigenvalue weighted by atomic mass is 35.5. The van der Waals surface area contributed by atoms with E-state index in [1.165, 1.54) is 22.9 Å². The average Bonchev–Trinajstić information content (AvgIpc) is 2.96. The van der Waals surface area contributed by atoms with Crippen LogP contribution in [0.4, 0.5) is 10.1 Å². The summed E-state index contributed by atoms with van der Waals surface area (Å²) in [6.07, 6.45) is 0. The number of amides is 1. The van der Waals surface area contributed by atoms with Gasteiger partial charge in [0.15, 0.2) is 5.82 Å². The van der Waals surface area contributed by atoms with Gasteiger partial charge >= 0.3 is 0 Å². The predicted molar refractivity (Wildman–Crippen MR) is 83.3 cm³/mol. The van der Waals surface area contributed by atoms with Crippen LogP contribution >= 0.6 is 11.6 Å². The minimum absolute atomic E-state index is 0.0958. The van der Waals surface area contributed by atoms with Crippen molar-refractivity contribution in [1.82, 2.24) is 20.2 Å². The highest BCUT2D eigenvalue weighted by Gasteiger charge is 2.12. The Bertz CT molecular complexity index is 834. The summed E-state index contributed by atoms with van der Waals surface area (Å²) in [6.45, 7) is -0.0958. The molecule has 0 aliphatic rings. The Labute approximate surface area is 135 Å². The zero-order chi connectivity index (χ0) is 16.2. The molecule has 0 saturated carbocycles. The van der Waals surface area contributed by atoms with Crippen molar-refractivity contribution in [2.24, 2.45) is 0 Å². The Balaban J connectivity index is 1.75. The monoisotopic (exact) mass is 331 g/mol. The molecule has 116 valence electrons. The second-order valence-electron chi connectivity index (χ2n) is 4.73. The van der Waals surface area contributed by atoms with Gasteiger partial charge in [-0.2, -0.15) is 0 Å². The maximum atomic E-state index is 13.1. The van der Waals surface area contributed by atoms with Gasteiger partial charge in [0.1, 0.15) is 12.4 Å². The average molecular weight is 332 g/mol. The first kappa shape index (κ1) is 15.1. The molecule has 3 rings (SSSR count). The molecule has 6 nitrogen and oxygen atoms in total. The molecule has 0 aliphatic heterocycles. The summed E-state index contributed by atoms with van der Waals surface area (Å²) in [6, 6.07) is 12.6. The van der Waals surface area contributed by atoms with Crippen molar-refractivity contribution < 1.29 is 9.18 Å². The molecule has 1 aromatic heterocycles. The van der Waals surface area contributed by atoms with Crippen LogP contribution in [-0.4, -0.2) is 26.1 Å². The van der Waals surface area contributed by atoms with Crippen LogP contribution in [0.25, 0.3) is 11.4 Å². The second kappa shape index (κ2) is 6.53. The lowest BCUT2D eigenvalue weighted by atomic mass is 10.2. The number of carbonyl (C=O) groups excluding carboxylic acids is 1. The highest BCUT2D eigenvalue weighted by molar-refractivity contribution is 6.30. The van der Waals surface area contributed by atoms with E-state index in [2.05, 4.69) is 20.8 Å². The number of hydrogen-bond acceptors (Lipinski definition) is 4. The van der Waals surface area contributed by atoms with Gasteiger partial charge in [0.25, 0.3) is 0 Å². The Morgan fingerprint density at radius 3 is 2.74 bits per heavy atom. The molecule has 8 heteroatoms. The van der Waals surface area contributed by atoms with Crippen LogP contribution in [0.15, 0.2) is 48.5 Å². The van der Waals surface area contributed by atoms with Crippen molar-refractivity contribution in [1.29, 1.82) is 0 Å². The lowest BCUT2D eigenvalue weighted by Gasteiger charge is -2.07. The summed E-state index contributed by atoms with van der Waals surface area (Å²) in [4.78, 5) is 12.1. The number of halogens is 2. The number of benzene rings is 2. The second-order valence-corrected chi connectivity index (χ2v) is 5.16. The van der Waals surface area contributed by atoms with Crippen LogP contribution in [0.5, 0.6) is 0 Å². The molecule has 0 fully saturated rings. The van der Waals surface area contributed by atoms with E-state index in [1.807, 2.05) is 0 Å². The number of carbonyl (C=O) groups is 1. The van der Waals surface area contributed by atoms with Crippen molar-refractivity contribution in [3.63, 3.8) is 0 Å². The molecule has 0 aliphatic carbocycles. The van der Waals surface area contributed by atoms with E-state index in [1.54, 1.807) is 30.3 Å². The van der Waals surface area contributed by atoms with E-state index in [0.717, 1.165) is 5.56 Å². The number of anilines is 1. The molecule has 2 aromatic carbocycles. The number of nitrogens with one attached hydrogen (secondary N) is 1. The first-order valence-electron chi connectivity index (χ1n) is 6.69. The molecule has 1 heterocycles. The van der Waals surface area contributed by atoms with Crippen LogP contribution < -0.4 is 5.32 Å². The molecule has 1 N–H and O–H groups in total. The van der Waals surface area contributed by atoms with Gasteiger partial charge in [-0.1, -0.05) is 17.7 Å². The third-order valence-corrected chi connectivity index (χ3v) is 3.29. The summed E-state index contributed by atoms with van der Waals surface area (Å²) in [5.74, 6) is -0.346. The molecule has 0 saturated heterocycles. The Morgan fingerprint density at radius 1 is 1.22 bits per heavy atom. The van der Waals surface area contributed by atoms with Gasteiger partial charge in [-0.15, -0.1) is 5.10 Å². The molecule has 0 radical (unpaired) electrons. The lowest BCUT2D eigenvalue weighted by molar-refractivity contribution is -0.116. The molecule has 0 bridgehead atoms. The number of rotatable bonds is 4. The number of hydrogen-bond donors (Lipinski definition) is 1. The summed E-state index contributed by atoms with van der Waals surface area (Å²) < 4.78 is 14.5. The fraction of sp³-hybridized carbons (Fsp3) is 0.0667. The van der Waals surface area contributed by atoms with Gasteiger partial charge in [0.2, 0.25) is 5.91 Å². The van der Waals surface area contributed by atoms with Crippen LogP contribution in [-0.2, 0) is 11.3 Å². The molecule has 3 aromatic rings. The molecule has 0 atom stereocenters. The lowest BCUT2D eigenvalue weighted by Crippen LogP contribution is -2.20. The van der Waals surface area contributed by atoms with Crippen molar-refractivity contribution in [2.75, 3.05) is 5.32 Å². The maximum absolute atomic E-state index is 13.1. The van der Waals surface area contributed by atoms with E-state index in [4.69, 9.17) is 11.6 Å². The Hall–Kier alpha value is -2.80. The zero-order valence-corrected chi connectivity index (χ0v) is 12.5. The molecule has 0 unspecified atom stereocenters. The van der Waals surface area contributed by atoms with Crippen LogP contribution in [0.1, 0.15) is 0 Å². The first-order valence-corrected chi connectivity index (χ1v) is 7.07. The number of tetrazole rings is 1. The summed E-state index contributed by atoms with van der Waals surface area (Å²) in [5.41, 5.74) is 1.11. The first-order chi connectivity index (χ1) is 11.1. The summed E-state index contributed by atoms with van der Waals surface area (Å²) in [7, 11) is 0. The largest absolute Gasteiger partial charge is 0.324 e. The van der Waals surface area contributed by atoms with E-state index >= 15 is 0 Å². The van der Waals surface area contributed by atoms with Gasteiger partial charge in [-0.3, -0.25) is 4.79 Å². The highest BCUT2D eigenvalue weighted by Crippen LogP contribution is 2.18. The molecular formula is C15H11ClFN5O. The van der Waals surface area contributed by atoms with E-state index in [9.17, 15) is 9.18 Å². The van der Waals surface area contributed by atoms with Gasteiger partial charge in [0.05, 0.1) is 0 Å². The summed E-state index contributed by atoms with van der Waals surface area (Å²) in [5, 5.41) is 14.5. The Kier molecular flexibility index (Phi) is 4.29. The SMILES string of the molecule is O=C(Cn1nnnc1-c1ccc(Cl)cc1)Nc1cccc(F)c1. The van der Waals surface area contributed by atoms with Gasteiger partial charge in [0, 0.05) is 16.3 Å². The quantitative estimate of drug-likeness (QED) is 0.798. The van der Waals surface area contributed by atoms with Gasteiger partial charge in [-0.05, 0) is 52.9 Å². The van der Waals surface area contributed by atoms with Crippen LogP contribution in [0.2, 0.25) is 5.02 Å². The minimum Gasteiger partial charge on any atom is -0.324 e. The molecule has 0 spiro atoms. The molecule has 23 heavy (non-hydrogen) atoms. The topological polar surface area (TPSA) is 72.7 Å². The molecular weight excluding hydrogens is 321 g/mol. The summed E-state index contributed by atoms with van der Waals surface area (Å²) >= 11 is 5.85. The van der Waals surface area contributed by atoms with E-state index < -0.39 is 5.82 Å². The maximum Gasteiger partial charge on any atom is 0.246 e. The van der Waals surface area contributed by atoms with Crippen LogP contribution in [0, 0.1) is 5.82 Å². The fourth-order valence-corrected chi connectivity index (χ4v) is 2.15. The normalized spacial score (nSPS) is 10.5. The van der Waals surface area contributed by atoms with Gasteiger partial charge in [-0.25, -0.2) is 9.07 Å². The third kappa shape index (κ3) is 3.70. The zero-order valence-electron chi connectivity index (χ0n) is 11.8. The predicted octanol–water partition coefficient (Wildman–Crippen LogP) is 2.77. The van der Waals surface area contributed by atoms with Crippen molar-refractivity contribution in [3.8, 4) is 11.4 Å². The van der Waals surface area contributed by atoms with E-state index in [-0.39, 0.29) is 12.5 Å². The van der Waals surface area contributed by atoms with Crippen LogP contribution in [0.3, 0.4) is 0 Å². The van der Waals surface area contributed by atoms with Crippen molar-refractivity contribution in [2.45, 2.75) is 6.54 Å². The Morgan fingerprint density at radius 2 is 2.00 bits per heavy atom. The van der Waals surface area contributed by atoms with E-state index in [0.29, 0.717) is 16.5 Å².